The van der Waals surface area contributed by atoms with Crippen LogP contribution in [0, 0.1) is 50.2 Å². The van der Waals surface area contributed by atoms with Gasteiger partial charge in [-0.2, -0.15) is 0 Å². The zero-order valence-corrected chi connectivity index (χ0v) is 37.3. The summed E-state index contributed by atoms with van der Waals surface area (Å²) in [6, 6.07) is 0. The van der Waals surface area contributed by atoms with Gasteiger partial charge in [-0.1, -0.05) is 130 Å². The Kier molecular flexibility index (Phi) is 20.1. The minimum Gasteiger partial charge on any atom is -0.481 e. The summed E-state index contributed by atoms with van der Waals surface area (Å²) in [6.45, 7) is 38.5. The first-order chi connectivity index (χ1) is 22.6. The van der Waals surface area contributed by atoms with E-state index in [1.807, 2.05) is 6.92 Å². The molecule has 3 atom stereocenters. The van der Waals surface area contributed by atoms with E-state index < -0.39 is 11.4 Å². The van der Waals surface area contributed by atoms with E-state index in [0.29, 0.717) is 22.9 Å². The van der Waals surface area contributed by atoms with E-state index >= 15 is 0 Å². The van der Waals surface area contributed by atoms with E-state index in [-0.39, 0.29) is 18.4 Å². The van der Waals surface area contributed by atoms with Crippen molar-refractivity contribution in [2.75, 3.05) is 0 Å². The van der Waals surface area contributed by atoms with Crippen LogP contribution in [-0.4, -0.2) is 22.8 Å². The Balaban J connectivity index is 0.000000653. The molecule has 306 valence electrons. The van der Waals surface area contributed by atoms with Crippen LogP contribution < -0.4 is 0 Å². The molecule has 3 heteroatoms. The number of ether oxygens (including phenoxy) is 1. The molecule has 0 radical (unpaired) electrons. The van der Waals surface area contributed by atoms with Crippen molar-refractivity contribution in [3.05, 3.63) is 0 Å². The lowest BCUT2D eigenvalue weighted by molar-refractivity contribution is -0.147. The first kappa shape index (κ1) is 50.4. The predicted molar refractivity (Wildman–Crippen MR) is 227 cm³/mol. The molecule has 0 aromatic heterocycles. The maximum Gasteiger partial charge on any atom is 0.309 e. The Hall–Kier alpha value is -0.570. The van der Waals surface area contributed by atoms with Gasteiger partial charge in [0.25, 0.3) is 0 Å². The average molecular weight is 721 g/mol. The highest BCUT2D eigenvalue weighted by Gasteiger charge is 2.44. The van der Waals surface area contributed by atoms with E-state index in [0.717, 1.165) is 41.9 Å². The third-order valence-corrected chi connectivity index (χ3v) is 13.9. The van der Waals surface area contributed by atoms with Gasteiger partial charge in [0.2, 0.25) is 0 Å². The predicted octanol–water partition coefficient (Wildman–Crippen LogP) is 16.0. The van der Waals surface area contributed by atoms with Gasteiger partial charge in [0, 0.05) is 0 Å². The summed E-state index contributed by atoms with van der Waals surface area (Å²) in [5.74, 6) is 1.70. The van der Waals surface area contributed by atoms with Crippen molar-refractivity contribution in [2.45, 2.75) is 252 Å². The van der Waals surface area contributed by atoms with Crippen LogP contribution in [0.1, 0.15) is 241 Å². The summed E-state index contributed by atoms with van der Waals surface area (Å²) in [4.78, 5) is 11.0. The molecular weight excluding hydrogens is 625 g/mol. The van der Waals surface area contributed by atoms with Crippen LogP contribution >= 0.6 is 0 Å². The van der Waals surface area contributed by atoms with Crippen LogP contribution in [0.2, 0.25) is 0 Å². The van der Waals surface area contributed by atoms with Crippen molar-refractivity contribution in [3.63, 3.8) is 0 Å². The summed E-state index contributed by atoms with van der Waals surface area (Å²) in [6.07, 6.45) is 24.8. The van der Waals surface area contributed by atoms with E-state index in [9.17, 15) is 4.79 Å². The molecule has 0 aromatic rings. The monoisotopic (exact) mass is 721 g/mol. The second-order valence-electron chi connectivity index (χ2n) is 22.7. The maximum atomic E-state index is 11.0. The number of hydrogen-bond donors (Lipinski definition) is 1. The third kappa shape index (κ3) is 18.5. The standard InChI is InChI=1S/C14H28.C13H26.C11H20O2.C9H18O.CH4/c1-6-14(9-7-10-14)11-8-12(2)13(3,4)5;1-5-13(10-7-11-13)9-6-8-12(2,3)4;1-10(2,3)8-5-6-11(4,7-8)9(12)13;1-7-5-8(6-7)10-9(2,3)4;/h12H,6-11H2,1-5H3;5-11H2,1-4H3;8H,5-7H2,1-4H3,(H,12,13);7-8H,5-6H2,1-4H3;1H4. The number of carbonyl (C=O) groups is 1. The number of carboxylic acids is 1. The normalized spacial score (nSPS) is 27.2. The molecule has 1 N–H and O–H groups in total. The zero-order chi connectivity index (χ0) is 38.8. The second kappa shape index (κ2) is 20.4. The quantitative estimate of drug-likeness (QED) is 0.244. The Labute approximate surface area is 322 Å². The highest BCUT2D eigenvalue weighted by Crippen LogP contribution is 2.50. The van der Waals surface area contributed by atoms with Crippen LogP contribution in [0.25, 0.3) is 0 Å². The molecule has 0 spiro atoms. The second-order valence-corrected chi connectivity index (χ2v) is 22.7. The molecule has 4 aliphatic carbocycles. The lowest BCUT2D eigenvalue weighted by Crippen LogP contribution is -2.36. The van der Waals surface area contributed by atoms with Gasteiger partial charge in [0.1, 0.15) is 0 Å². The maximum absolute atomic E-state index is 11.0. The number of aliphatic carboxylic acids is 1. The van der Waals surface area contributed by atoms with Crippen molar-refractivity contribution in [3.8, 4) is 0 Å². The summed E-state index contributed by atoms with van der Waals surface area (Å²) < 4.78 is 5.74. The van der Waals surface area contributed by atoms with Crippen molar-refractivity contribution in [1.29, 1.82) is 0 Å². The van der Waals surface area contributed by atoms with Crippen LogP contribution in [0.4, 0.5) is 0 Å². The van der Waals surface area contributed by atoms with Crippen LogP contribution in [0.15, 0.2) is 0 Å². The van der Waals surface area contributed by atoms with Gasteiger partial charge in [-0.3, -0.25) is 4.79 Å². The van der Waals surface area contributed by atoms with E-state index in [2.05, 4.69) is 111 Å². The Morgan fingerprint density at radius 1 is 0.804 bits per heavy atom. The topological polar surface area (TPSA) is 46.5 Å². The largest absolute Gasteiger partial charge is 0.481 e. The van der Waals surface area contributed by atoms with Gasteiger partial charge in [-0.05, 0) is 156 Å². The van der Waals surface area contributed by atoms with E-state index in [1.54, 1.807) is 0 Å². The highest BCUT2D eigenvalue weighted by atomic mass is 16.5. The molecular formula is C48H96O3. The molecule has 3 unspecified atom stereocenters. The summed E-state index contributed by atoms with van der Waals surface area (Å²) in [5.41, 5.74) is 2.44. The number of hydrogen-bond acceptors (Lipinski definition) is 2. The molecule has 0 amide bonds. The summed E-state index contributed by atoms with van der Waals surface area (Å²) in [7, 11) is 0. The lowest BCUT2D eigenvalue weighted by atomic mass is 9.63. The number of carboxylic acid groups (broad SMARTS) is 1. The van der Waals surface area contributed by atoms with Gasteiger partial charge >= 0.3 is 5.97 Å². The van der Waals surface area contributed by atoms with Gasteiger partial charge < -0.3 is 9.84 Å². The smallest absolute Gasteiger partial charge is 0.309 e. The molecule has 4 rings (SSSR count). The molecule has 51 heavy (non-hydrogen) atoms. The molecule has 0 aromatic carbocycles. The minimum atomic E-state index is -0.626. The van der Waals surface area contributed by atoms with Gasteiger partial charge in [-0.25, -0.2) is 0 Å². The van der Waals surface area contributed by atoms with Crippen LogP contribution in [-0.2, 0) is 9.53 Å². The van der Waals surface area contributed by atoms with Crippen molar-refractivity contribution in [1.82, 2.24) is 0 Å². The summed E-state index contributed by atoms with van der Waals surface area (Å²) in [5, 5.41) is 9.06. The molecule has 0 bridgehead atoms. The van der Waals surface area contributed by atoms with E-state index in [1.165, 1.54) is 96.3 Å². The van der Waals surface area contributed by atoms with Gasteiger partial charge in [0.15, 0.2) is 0 Å². The first-order valence-electron chi connectivity index (χ1n) is 21.5. The average Bonchev–Trinajstić information content (AvgIpc) is 3.32. The molecule has 0 saturated heterocycles. The highest BCUT2D eigenvalue weighted by molar-refractivity contribution is 5.74. The fraction of sp³-hybridized carbons (Fsp3) is 0.979. The molecule has 0 heterocycles. The van der Waals surface area contributed by atoms with Gasteiger partial charge in [-0.15, -0.1) is 0 Å². The Morgan fingerprint density at radius 3 is 1.55 bits per heavy atom. The molecule has 3 nitrogen and oxygen atoms in total. The minimum absolute atomic E-state index is 0. The lowest BCUT2D eigenvalue weighted by Gasteiger charge is -2.43. The van der Waals surface area contributed by atoms with Gasteiger partial charge in [0.05, 0.1) is 17.1 Å². The fourth-order valence-corrected chi connectivity index (χ4v) is 8.46. The zero-order valence-electron chi connectivity index (χ0n) is 37.3. The SMILES string of the molecule is C.CC1(C(=O)O)CCC(C(C)(C)C)C1.CC1CC(OC(C)(C)C)C1.CCC1(CCC(C)C(C)(C)C)CCC1.CCC1(CCCC(C)(C)C)CCC1. The van der Waals surface area contributed by atoms with E-state index in [4.69, 9.17) is 9.84 Å². The molecule has 4 aliphatic rings. The fourth-order valence-electron chi connectivity index (χ4n) is 8.46. The molecule has 0 aliphatic heterocycles. The van der Waals surface area contributed by atoms with Crippen LogP contribution in [0.5, 0.6) is 0 Å². The number of rotatable bonds is 10. The van der Waals surface area contributed by atoms with Crippen molar-refractivity contribution in [2.24, 2.45) is 50.2 Å². The first-order valence-corrected chi connectivity index (χ1v) is 21.5. The van der Waals surface area contributed by atoms with Crippen LogP contribution in [0.3, 0.4) is 0 Å². The van der Waals surface area contributed by atoms with Crippen molar-refractivity contribution < 1.29 is 14.6 Å². The Morgan fingerprint density at radius 2 is 1.27 bits per heavy atom. The molecule has 4 fully saturated rings. The summed E-state index contributed by atoms with van der Waals surface area (Å²) >= 11 is 0. The Bertz CT molecular complexity index is 941. The third-order valence-electron chi connectivity index (χ3n) is 13.9. The molecule has 4 saturated carbocycles. The van der Waals surface area contributed by atoms with Crippen molar-refractivity contribution >= 4 is 5.97 Å².